The molecule has 4 heteroatoms. The highest BCUT2D eigenvalue weighted by Gasteiger charge is 2.10. The van der Waals surface area contributed by atoms with E-state index in [1.807, 2.05) is 19.2 Å². The molecule has 0 amide bonds. The summed E-state index contributed by atoms with van der Waals surface area (Å²) in [7, 11) is 2.03. The van der Waals surface area contributed by atoms with Gasteiger partial charge < -0.3 is 9.32 Å². The molecule has 0 aliphatic heterocycles. The molecule has 2 heterocycles. The molecule has 15 heavy (non-hydrogen) atoms. The van der Waals surface area contributed by atoms with Gasteiger partial charge in [0, 0.05) is 24.6 Å². The molecule has 3 nitrogen and oxygen atoms in total. The molecule has 0 fully saturated rings. The number of rotatable bonds is 3. The van der Waals surface area contributed by atoms with Crippen molar-refractivity contribution in [2.45, 2.75) is 11.8 Å². The summed E-state index contributed by atoms with van der Waals surface area (Å²) < 4.78 is 5.34. The van der Waals surface area contributed by atoms with E-state index in [1.54, 1.807) is 12.5 Å². The van der Waals surface area contributed by atoms with Crippen molar-refractivity contribution >= 4 is 32.7 Å². The van der Waals surface area contributed by atoms with Gasteiger partial charge in [-0.1, -0.05) is 22.9 Å². The van der Waals surface area contributed by atoms with Crippen molar-refractivity contribution in [2.75, 3.05) is 18.5 Å². The maximum atomic E-state index is 5.34. The second-order valence-corrected chi connectivity index (χ2v) is 5.19. The molecule has 0 saturated heterocycles. The van der Waals surface area contributed by atoms with Crippen molar-refractivity contribution in [2.24, 2.45) is 0 Å². The third-order valence-electron chi connectivity index (χ3n) is 2.25. The molecule has 1 atom stereocenters. The van der Waals surface area contributed by atoms with Crippen molar-refractivity contribution < 1.29 is 4.42 Å². The molecule has 80 valence electrons. The van der Waals surface area contributed by atoms with Gasteiger partial charge in [-0.05, 0) is 12.1 Å². The fourth-order valence-electron chi connectivity index (χ4n) is 1.65. The number of hydrogen-bond acceptors (Lipinski definition) is 3. The number of halogens is 1. The predicted molar refractivity (Wildman–Crippen MR) is 65.7 cm³/mol. The summed E-state index contributed by atoms with van der Waals surface area (Å²) in [6.07, 6.45) is 3.47. The van der Waals surface area contributed by atoms with Crippen LogP contribution < -0.4 is 4.90 Å². The average molecular weight is 269 g/mol. The molecule has 1 unspecified atom stereocenters. The SMILES string of the molecule is CC(Br)CN(C)c1nccc2occc12. The van der Waals surface area contributed by atoms with Gasteiger partial charge in [0.15, 0.2) is 0 Å². The standard InChI is InChI=1S/C11H13BrN2O/c1-8(12)7-14(2)11-9-4-6-15-10(9)3-5-13-11/h3-6,8H,7H2,1-2H3. The Morgan fingerprint density at radius 2 is 2.33 bits per heavy atom. The lowest BCUT2D eigenvalue weighted by Crippen LogP contribution is -2.24. The highest BCUT2D eigenvalue weighted by atomic mass is 79.9. The smallest absolute Gasteiger partial charge is 0.139 e. The van der Waals surface area contributed by atoms with Gasteiger partial charge in [0.05, 0.1) is 11.6 Å². The van der Waals surface area contributed by atoms with Crippen LogP contribution in [0.4, 0.5) is 5.82 Å². The third kappa shape index (κ3) is 2.15. The van der Waals surface area contributed by atoms with Crippen LogP contribution in [0.5, 0.6) is 0 Å². The Balaban J connectivity index is 2.38. The van der Waals surface area contributed by atoms with E-state index in [1.165, 1.54) is 0 Å². The maximum Gasteiger partial charge on any atom is 0.139 e. The van der Waals surface area contributed by atoms with Gasteiger partial charge in [-0.3, -0.25) is 0 Å². The lowest BCUT2D eigenvalue weighted by molar-refractivity contribution is 0.615. The fourth-order valence-corrected chi connectivity index (χ4v) is 2.08. The van der Waals surface area contributed by atoms with Gasteiger partial charge >= 0.3 is 0 Å². The second-order valence-electron chi connectivity index (χ2n) is 3.63. The molecule has 2 aromatic rings. The van der Waals surface area contributed by atoms with Crippen LogP contribution in [0.15, 0.2) is 29.0 Å². The van der Waals surface area contributed by atoms with E-state index in [9.17, 15) is 0 Å². The van der Waals surface area contributed by atoms with Crippen LogP contribution in [0.2, 0.25) is 0 Å². The van der Waals surface area contributed by atoms with E-state index in [-0.39, 0.29) is 0 Å². The Morgan fingerprint density at radius 3 is 3.07 bits per heavy atom. The third-order valence-corrected chi connectivity index (χ3v) is 2.54. The summed E-state index contributed by atoms with van der Waals surface area (Å²) in [5.41, 5.74) is 0.883. The van der Waals surface area contributed by atoms with Crippen molar-refractivity contribution in [1.29, 1.82) is 0 Å². The summed E-state index contributed by atoms with van der Waals surface area (Å²) in [4.78, 5) is 6.94. The Labute approximate surface area is 97.2 Å². The quantitative estimate of drug-likeness (QED) is 0.802. The number of nitrogens with zero attached hydrogens (tertiary/aromatic N) is 2. The van der Waals surface area contributed by atoms with E-state index in [0.717, 1.165) is 23.3 Å². The zero-order valence-corrected chi connectivity index (χ0v) is 10.4. The molecule has 0 spiro atoms. The molecule has 2 aromatic heterocycles. The minimum Gasteiger partial charge on any atom is -0.464 e. The van der Waals surface area contributed by atoms with Crippen molar-refractivity contribution in [3.8, 4) is 0 Å². The zero-order chi connectivity index (χ0) is 10.8. The number of fused-ring (bicyclic) bond motifs is 1. The monoisotopic (exact) mass is 268 g/mol. The van der Waals surface area contributed by atoms with Gasteiger partial charge in [0.25, 0.3) is 0 Å². The van der Waals surface area contributed by atoms with Gasteiger partial charge in [-0.25, -0.2) is 4.98 Å². The molecule has 2 rings (SSSR count). The summed E-state index contributed by atoms with van der Waals surface area (Å²) >= 11 is 3.53. The highest BCUT2D eigenvalue weighted by Crippen LogP contribution is 2.24. The summed E-state index contributed by atoms with van der Waals surface area (Å²) in [6, 6.07) is 3.83. The summed E-state index contributed by atoms with van der Waals surface area (Å²) in [6.45, 7) is 3.03. The minimum atomic E-state index is 0.437. The number of pyridine rings is 1. The highest BCUT2D eigenvalue weighted by molar-refractivity contribution is 9.09. The minimum absolute atomic E-state index is 0.437. The largest absolute Gasteiger partial charge is 0.464 e. The fraction of sp³-hybridized carbons (Fsp3) is 0.364. The van der Waals surface area contributed by atoms with Crippen LogP contribution in [-0.4, -0.2) is 23.4 Å². The molecule has 0 aliphatic carbocycles. The topological polar surface area (TPSA) is 29.3 Å². The Bertz CT molecular complexity index is 453. The Kier molecular flexibility index (Phi) is 2.95. The van der Waals surface area contributed by atoms with E-state index < -0.39 is 0 Å². The average Bonchev–Trinajstić information content (AvgIpc) is 2.63. The Morgan fingerprint density at radius 1 is 1.53 bits per heavy atom. The summed E-state index contributed by atoms with van der Waals surface area (Å²) in [5, 5.41) is 1.06. The second kappa shape index (κ2) is 4.23. The van der Waals surface area contributed by atoms with Gasteiger partial charge in [-0.15, -0.1) is 0 Å². The van der Waals surface area contributed by atoms with Crippen LogP contribution >= 0.6 is 15.9 Å². The lowest BCUT2D eigenvalue weighted by Gasteiger charge is -2.19. The number of hydrogen-bond donors (Lipinski definition) is 0. The van der Waals surface area contributed by atoms with Crippen LogP contribution in [0.25, 0.3) is 11.0 Å². The lowest BCUT2D eigenvalue weighted by atomic mass is 10.3. The van der Waals surface area contributed by atoms with Crippen molar-refractivity contribution in [3.63, 3.8) is 0 Å². The first-order valence-corrected chi connectivity index (χ1v) is 5.77. The van der Waals surface area contributed by atoms with E-state index in [0.29, 0.717) is 4.83 Å². The zero-order valence-electron chi connectivity index (χ0n) is 8.77. The van der Waals surface area contributed by atoms with Crippen molar-refractivity contribution in [1.82, 2.24) is 4.98 Å². The number of furan rings is 1. The van der Waals surface area contributed by atoms with E-state index >= 15 is 0 Å². The van der Waals surface area contributed by atoms with Gasteiger partial charge in [-0.2, -0.15) is 0 Å². The molecular formula is C11H13BrN2O. The molecule has 0 radical (unpaired) electrons. The van der Waals surface area contributed by atoms with Crippen LogP contribution in [0.3, 0.4) is 0 Å². The van der Waals surface area contributed by atoms with Gasteiger partial charge in [0.1, 0.15) is 11.4 Å². The van der Waals surface area contributed by atoms with E-state index in [2.05, 4.69) is 32.7 Å². The maximum absolute atomic E-state index is 5.34. The Hall–Kier alpha value is -1.03. The first kappa shape index (κ1) is 10.5. The number of anilines is 1. The molecule has 0 N–H and O–H groups in total. The molecule has 0 aliphatic rings. The van der Waals surface area contributed by atoms with Crippen LogP contribution in [0.1, 0.15) is 6.92 Å². The molecule has 0 saturated carbocycles. The normalized spacial score (nSPS) is 13.0. The summed E-state index contributed by atoms with van der Waals surface area (Å²) in [5.74, 6) is 0.965. The molecule has 0 aromatic carbocycles. The first-order valence-electron chi connectivity index (χ1n) is 4.86. The molecular weight excluding hydrogens is 256 g/mol. The van der Waals surface area contributed by atoms with Crippen molar-refractivity contribution in [3.05, 3.63) is 24.6 Å². The first-order chi connectivity index (χ1) is 7.18. The predicted octanol–water partition coefficient (Wildman–Crippen LogP) is 3.05. The van der Waals surface area contributed by atoms with Gasteiger partial charge in [0.2, 0.25) is 0 Å². The number of aromatic nitrogens is 1. The number of alkyl halides is 1. The van der Waals surface area contributed by atoms with Crippen LogP contribution in [0, 0.1) is 0 Å². The van der Waals surface area contributed by atoms with Crippen LogP contribution in [-0.2, 0) is 0 Å². The molecule has 0 bridgehead atoms. The van der Waals surface area contributed by atoms with E-state index in [4.69, 9.17) is 4.42 Å².